The molecule has 0 aliphatic carbocycles. The Bertz CT molecular complexity index is 1180. The van der Waals surface area contributed by atoms with Crippen LogP contribution in [0.5, 0.6) is 0 Å². The molecule has 1 saturated heterocycles. The minimum Gasteiger partial charge on any atom is -0.443 e. The summed E-state index contributed by atoms with van der Waals surface area (Å²) >= 11 is 0. The number of nitrogens with zero attached hydrogens (tertiary/aromatic N) is 3. The molecule has 0 bridgehead atoms. The number of hydrogen-bond acceptors (Lipinski definition) is 12. The van der Waals surface area contributed by atoms with Crippen molar-refractivity contribution in [2.75, 3.05) is 12.3 Å². The first-order valence-corrected chi connectivity index (χ1v) is 12.7. The van der Waals surface area contributed by atoms with E-state index in [1.165, 1.54) is 10.9 Å². The number of hydrogen-bond donors (Lipinski definition) is 6. The van der Waals surface area contributed by atoms with Crippen LogP contribution in [-0.2, 0) is 31.6 Å². The van der Waals surface area contributed by atoms with Gasteiger partial charge in [-0.3, -0.25) is 14.3 Å². The van der Waals surface area contributed by atoms with Crippen molar-refractivity contribution in [3.05, 3.63) is 16.7 Å². The van der Waals surface area contributed by atoms with Crippen molar-refractivity contribution < 1.29 is 51.4 Å². The maximum absolute atomic E-state index is 12.0. The minimum absolute atomic E-state index is 0.0318. The van der Waals surface area contributed by atoms with Crippen LogP contribution in [0, 0.1) is 0 Å². The minimum atomic E-state index is -5.55. The van der Waals surface area contributed by atoms with Gasteiger partial charge in [0.1, 0.15) is 12.3 Å². The van der Waals surface area contributed by atoms with E-state index in [1.54, 1.807) is 0 Å². The Kier molecular flexibility index (Phi) is 6.64. The first kappa shape index (κ1) is 24.2. The fourth-order valence-corrected chi connectivity index (χ4v) is 5.84. The Morgan fingerprint density at radius 2 is 2.00 bits per heavy atom. The summed E-state index contributed by atoms with van der Waals surface area (Å²) in [5.41, 5.74) is 4.96. The van der Waals surface area contributed by atoms with Gasteiger partial charge in [0.15, 0.2) is 11.2 Å². The van der Waals surface area contributed by atoms with Crippen LogP contribution in [0.2, 0.25) is 0 Å². The highest BCUT2D eigenvalue weighted by Crippen LogP contribution is 2.66. The number of fused-ring (bicyclic) bond motifs is 1. The number of aromatic amines is 1. The molecule has 21 heteroatoms. The lowest BCUT2D eigenvalue weighted by molar-refractivity contribution is -0.0388. The van der Waals surface area contributed by atoms with E-state index in [9.17, 15) is 28.5 Å². The number of H-pyrrole nitrogens is 1. The van der Waals surface area contributed by atoms with Gasteiger partial charge in [-0.1, -0.05) is 0 Å². The zero-order valence-corrected chi connectivity index (χ0v) is 17.8. The van der Waals surface area contributed by atoms with Gasteiger partial charge in [-0.15, -0.1) is 0 Å². The second-order valence-corrected chi connectivity index (χ2v) is 10.7. The number of nitrogen functional groups attached to an aromatic ring is 1. The fraction of sp³-hybridized carbons (Fsp3) is 0.500. The molecule has 0 spiro atoms. The molecule has 171 valence electrons. The van der Waals surface area contributed by atoms with Crippen molar-refractivity contribution in [1.82, 2.24) is 19.5 Å². The standard InChI is InChI=1S/C10H15BN5O12P3/c11-29(19,27-31(23,24)28-30(20,21)22)25-2-5-4(17)1-6(26-5)16-3-13-7-8(16)14-10(12)15-9(7)18/h3-6,17H,1-2H2,(H,23,24)(H2,20,21,22)(H3,12,14,15,18)/q-1/t4-,5+,6+,29-/m0/s1. The van der Waals surface area contributed by atoms with E-state index < -0.39 is 53.7 Å². The molecule has 2 aromatic heterocycles. The number of rotatable bonds is 8. The molecular weight excluding hydrogens is 486 g/mol. The molecule has 3 rings (SSSR count). The van der Waals surface area contributed by atoms with Crippen molar-refractivity contribution in [3.8, 4) is 0 Å². The van der Waals surface area contributed by atoms with E-state index in [-0.39, 0.29) is 23.5 Å². The summed E-state index contributed by atoms with van der Waals surface area (Å²) < 4.78 is 53.0. The molecule has 31 heavy (non-hydrogen) atoms. The smallest absolute Gasteiger partial charge is 0.443 e. The normalized spacial score (nSPS) is 26.0. The molecule has 1 unspecified atom stereocenters. The summed E-state index contributed by atoms with van der Waals surface area (Å²) in [6.07, 6.45) is -2.12. The molecule has 0 amide bonds. The lowest BCUT2D eigenvalue weighted by atomic mass is 10.2. The third kappa shape index (κ3) is 6.09. The zero-order valence-electron chi connectivity index (χ0n) is 15.1. The third-order valence-corrected chi connectivity index (χ3v) is 7.73. The number of aromatic nitrogens is 4. The average molecular weight is 501 g/mol. The van der Waals surface area contributed by atoms with Gasteiger partial charge in [0.25, 0.3) is 5.56 Å². The Morgan fingerprint density at radius 1 is 1.32 bits per heavy atom. The van der Waals surface area contributed by atoms with Crippen LogP contribution >= 0.6 is 23.1 Å². The topological polar surface area (TPSA) is 259 Å². The lowest BCUT2D eigenvalue weighted by Crippen LogP contribution is -2.26. The monoisotopic (exact) mass is 501 g/mol. The molecule has 1 aliphatic rings. The quantitative estimate of drug-likeness (QED) is 0.185. The van der Waals surface area contributed by atoms with Gasteiger partial charge < -0.3 is 46.9 Å². The molecule has 5 atom stereocenters. The summed E-state index contributed by atoms with van der Waals surface area (Å²) in [7, 11) is -10.8. The van der Waals surface area contributed by atoms with E-state index in [0.717, 1.165) is 0 Å². The van der Waals surface area contributed by atoms with Gasteiger partial charge in [-0.25, -0.2) is 18.4 Å². The molecule has 3 radical (unpaired) electrons. The van der Waals surface area contributed by atoms with Crippen LogP contribution < -0.4 is 11.3 Å². The summed E-state index contributed by atoms with van der Waals surface area (Å²) in [5, 5.41) is 10.2. The molecule has 3 heterocycles. The van der Waals surface area contributed by atoms with Crippen molar-refractivity contribution in [2.45, 2.75) is 24.9 Å². The summed E-state index contributed by atoms with van der Waals surface area (Å²) in [6.45, 7) is -0.718. The highest BCUT2D eigenvalue weighted by atomic mass is 31.3. The van der Waals surface area contributed by atoms with Crippen molar-refractivity contribution in [2.24, 2.45) is 0 Å². The van der Waals surface area contributed by atoms with E-state index in [4.69, 9.17) is 27.8 Å². The molecular formula is C10H15BN5O12P3-. The molecule has 1 aliphatic heterocycles. The third-order valence-electron chi connectivity index (χ3n) is 3.81. The molecule has 1 fully saturated rings. The zero-order chi connectivity index (χ0) is 23.2. The highest BCUT2D eigenvalue weighted by Gasteiger charge is 2.38. The number of nitrogens with one attached hydrogen (secondary N) is 1. The van der Waals surface area contributed by atoms with Gasteiger partial charge >= 0.3 is 15.6 Å². The summed E-state index contributed by atoms with van der Waals surface area (Å²) in [6, 6.07) is 0. The van der Waals surface area contributed by atoms with E-state index in [1.807, 2.05) is 0 Å². The Labute approximate surface area is 173 Å². The van der Waals surface area contributed by atoms with Gasteiger partial charge in [0.05, 0.1) is 26.5 Å². The Balaban J connectivity index is 1.67. The van der Waals surface area contributed by atoms with E-state index in [0.29, 0.717) is 0 Å². The number of imidazole rings is 1. The van der Waals surface area contributed by atoms with Crippen LogP contribution in [0.25, 0.3) is 11.2 Å². The van der Waals surface area contributed by atoms with Gasteiger partial charge in [0, 0.05) is 6.42 Å². The van der Waals surface area contributed by atoms with Gasteiger partial charge in [0.2, 0.25) is 5.95 Å². The molecule has 2 aromatic rings. The van der Waals surface area contributed by atoms with Crippen molar-refractivity contribution >= 4 is 47.8 Å². The van der Waals surface area contributed by atoms with E-state index in [2.05, 4.69) is 28.1 Å². The average Bonchev–Trinajstić information content (AvgIpc) is 3.13. The maximum atomic E-state index is 12.0. The highest BCUT2D eigenvalue weighted by molar-refractivity contribution is 7.84. The first-order valence-electron chi connectivity index (χ1n) is 8.06. The number of aliphatic hydroxyl groups excluding tert-OH is 1. The first-order chi connectivity index (χ1) is 14.2. The van der Waals surface area contributed by atoms with Crippen LogP contribution in [0.1, 0.15) is 12.6 Å². The number of anilines is 1. The predicted molar refractivity (Wildman–Crippen MR) is 100 cm³/mol. The van der Waals surface area contributed by atoms with Crippen molar-refractivity contribution in [3.63, 3.8) is 0 Å². The predicted octanol–water partition coefficient (Wildman–Crippen LogP) is -1.13. The largest absolute Gasteiger partial charge is 0.485 e. The summed E-state index contributed by atoms with van der Waals surface area (Å²) in [4.78, 5) is 48.2. The molecule has 0 aromatic carbocycles. The SMILES string of the molecule is [B-][P@](=O)(OC[C@H]1O[C@@H](n2cnc3c(=O)[nH]c(N)nc32)C[C@@H]1O)OP(=O)(O)OP(=O)(O)O. The number of ether oxygens (including phenoxy) is 1. The van der Waals surface area contributed by atoms with E-state index >= 15 is 0 Å². The van der Waals surface area contributed by atoms with Crippen molar-refractivity contribution in [1.29, 1.82) is 0 Å². The van der Waals surface area contributed by atoms with Gasteiger partial charge in [-0.05, 0) is 0 Å². The number of phosphoric acid groups is 2. The van der Waals surface area contributed by atoms with Crippen LogP contribution in [-0.4, -0.2) is 65.7 Å². The molecule has 7 N–H and O–H groups in total. The van der Waals surface area contributed by atoms with Crippen LogP contribution in [0.3, 0.4) is 0 Å². The second kappa shape index (κ2) is 8.50. The van der Waals surface area contributed by atoms with Crippen LogP contribution in [0.4, 0.5) is 5.95 Å². The summed E-state index contributed by atoms with van der Waals surface area (Å²) in [5.74, 6) is -0.176. The lowest BCUT2D eigenvalue weighted by Gasteiger charge is -2.29. The second-order valence-electron chi connectivity index (χ2n) is 6.17. The van der Waals surface area contributed by atoms with Gasteiger partial charge in [-0.2, -0.15) is 9.29 Å². The molecule has 0 saturated carbocycles. The maximum Gasteiger partial charge on any atom is 0.485 e. The fourth-order valence-electron chi connectivity index (χ4n) is 2.68. The Morgan fingerprint density at radius 3 is 2.65 bits per heavy atom. The number of aliphatic hydroxyl groups is 1. The van der Waals surface area contributed by atoms with Crippen LogP contribution in [0.15, 0.2) is 11.1 Å². The number of nitrogens with two attached hydrogens (primary N) is 1. The Hall–Kier alpha value is -1.42. The molecule has 17 nitrogen and oxygen atoms in total.